The molecule has 1 unspecified atom stereocenters. The Morgan fingerprint density at radius 2 is 1.55 bits per heavy atom. The lowest BCUT2D eigenvalue weighted by molar-refractivity contribution is 0.744. The standard InChI is InChI=1S/C11H14/c1-11-9-7-5-3-2-4-6-8-10-11/h2-9,11H,10H2,1H3. The van der Waals surface area contributed by atoms with Crippen molar-refractivity contribution in [1.82, 2.24) is 0 Å². The van der Waals surface area contributed by atoms with Crippen molar-refractivity contribution in [3.05, 3.63) is 48.6 Å². The molecule has 1 atom stereocenters. The van der Waals surface area contributed by atoms with Gasteiger partial charge in [0.1, 0.15) is 0 Å². The molecule has 0 heterocycles. The Labute approximate surface area is 68.6 Å². The van der Waals surface area contributed by atoms with E-state index in [1.54, 1.807) is 0 Å². The number of hydrogen-bond donors (Lipinski definition) is 0. The smallest absolute Gasteiger partial charge is 0.0224 e. The van der Waals surface area contributed by atoms with Gasteiger partial charge in [-0.05, 0) is 12.3 Å². The van der Waals surface area contributed by atoms with Crippen molar-refractivity contribution in [2.75, 3.05) is 0 Å². The van der Waals surface area contributed by atoms with Gasteiger partial charge in [0.05, 0.1) is 0 Å². The summed E-state index contributed by atoms with van der Waals surface area (Å²) in [5, 5.41) is 0. The van der Waals surface area contributed by atoms with Crippen LogP contribution in [0, 0.1) is 5.92 Å². The zero-order valence-corrected chi connectivity index (χ0v) is 6.90. The fourth-order valence-corrected chi connectivity index (χ4v) is 0.961. The summed E-state index contributed by atoms with van der Waals surface area (Å²) in [6.45, 7) is 2.22. The Hall–Kier alpha value is -1.04. The van der Waals surface area contributed by atoms with Crippen molar-refractivity contribution < 1.29 is 0 Å². The van der Waals surface area contributed by atoms with Gasteiger partial charge in [-0.2, -0.15) is 0 Å². The summed E-state index contributed by atoms with van der Waals surface area (Å²) < 4.78 is 0. The van der Waals surface area contributed by atoms with Crippen molar-refractivity contribution >= 4 is 0 Å². The lowest BCUT2D eigenvalue weighted by Crippen LogP contribution is -1.84. The van der Waals surface area contributed by atoms with Gasteiger partial charge < -0.3 is 0 Å². The van der Waals surface area contributed by atoms with E-state index in [-0.39, 0.29) is 0 Å². The van der Waals surface area contributed by atoms with Crippen LogP contribution in [-0.4, -0.2) is 0 Å². The van der Waals surface area contributed by atoms with Gasteiger partial charge in [-0.15, -0.1) is 0 Å². The topological polar surface area (TPSA) is 0 Å². The van der Waals surface area contributed by atoms with Crippen LogP contribution in [0.5, 0.6) is 0 Å². The predicted molar refractivity (Wildman–Crippen MR) is 50.3 cm³/mol. The molecule has 0 nitrogen and oxygen atoms in total. The van der Waals surface area contributed by atoms with Gasteiger partial charge >= 0.3 is 0 Å². The minimum Gasteiger partial charge on any atom is -0.0840 e. The maximum absolute atomic E-state index is 2.22. The molecule has 11 heavy (non-hydrogen) atoms. The average Bonchev–Trinajstić information content (AvgIpc) is 2.03. The lowest BCUT2D eigenvalue weighted by atomic mass is 10.1. The normalized spacial score (nSPS) is 23.9. The second kappa shape index (κ2) is 4.73. The first-order chi connectivity index (χ1) is 5.39. The molecular formula is C11H14. The monoisotopic (exact) mass is 146 g/mol. The fraction of sp³-hybridized carbons (Fsp3) is 0.273. The summed E-state index contributed by atoms with van der Waals surface area (Å²) in [5.74, 6) is 0.655. The van der Waals surface area contributed by atoms with Crippen molar-refractivity contribution in [2.24, 2.45) is 5.92 Å². The first-order valence-electron chi connectivity index (χ1n) is 4.06. The van der Waals surface area contributed by atoms with Crippen LogP contribution in [0.1, 0.15) is 13.3 Å². The SMILES string of the molecule is CC1C=CC=CC=CC=CC1. The summed E-state index contributed by atoms with van der Waals surface area (Å²) in [7, 11) is 0. The van der Waals surface area contributed by atoms with Crippen LogP contribution in [0.4, 0.5) is 0 Å². The van der Waals surface area contributed by atoms with Crippen LogP contribution in [0.25, 0.3) is 0 Å². The highest BCUT2D eigenvalue weighted by Gasteiger charge is 1.90. The van der Waals surface area contributed by atoms with E-state index in [1.807, 2.05) is 12.2 Å². The summed E-state index contributed by atoms with van der Waals surface area (Å²) in [6.07, 6.45) is 18.0. The molecule has 0 spiro atoms. The zero-order valence-electron chi connectivity index (χ0n) is 6.90. The third-order valence-electron chi connectivity index (χ3n) is 1.64. The summed E-state index contributed by atoms with van der Waals surface area (Å²) >= 11 is 0. The van der Waals surface area contributed by atoms with Crippen molar-refractivity contribution in [3.63, 3.8) is 0 Å². The molecule has 1 rings (SSSR count). The molecule has 0 radical (unpaired) electrons. The molecule has 0 bridgehead atoms. The second-order valence-electron chi connectivity index (χ2n) is 2.80. The Kier molecular flexibility index (Phi) is 3.46. The molecule has 0 aromatic carbocycles. The number of rotatable bonds is 0. The van der Waals surface area contributed by atoms with E-state index in [1.165, 1.54) is 0 Å². The third kappa shape index (κ3) is 3.61. The van der Waals surface area contributed by atoms with Crippen molar-refractivity contribution in [2.45, 2.75) is 13.3 Å². The van der Waals surface area contributed by atoms with Gasteiger partial charge in [0.15, 0.2) is 0 Å². The van der Waals surface area contributed by atoms with Crippen LogP contribution < -0.4 is 0 Å². The molecule has 0 heteroatoms. The van der Waals surface area contributed by atoms with Crippen molar-refractivity contribution in [3.8, 4) is 0 Å². The lowest BCUT2D eigenvalue weighted by Gasteiger charge is -1.99. The van der Waals surface area contributed by atoms with Gasteiger partial charge in [0.25, 0.3) is 0 Å². The summed E-state index contributed by atoms with van der Waals surface area (Å²) in [6, 6.07) is 0. The van der Waals surface area contributed by atoms with E-state index >= 15 is 0 Å². The maximum atomic E-state index is 2.22. The third-order valence-corrected chi connectivity index (χ3v) is 1.64. The van der Waals surface area contributed by atoms with Gasteiger partial charge in [0, 0.05) is 0 Å². The molecule has 1 aliphatic carbocycles. The Morgan fingerprint density at radius 3 is 2.36 bits per heavy atom. The van der Waals surface area contributed by atoms with Crippen LogP contribution in [0.3, 0.4) is 0 Å². The van der Waals surface area contributed by atoms with E-state index in [2.05, 4.69) is 43.4 Å². The largest absolute Gasteiger partial charge is 0.0840 e. The molecule has 0 aliphatic heterocycles. The fourth-order valence-electron chi connectivity index (χ4n) is 0.961. The Bertz CT molecular complexity index is 204. The minimum atomic E-state index is 0.655. The highest BCUT2D eigenvalue weighted by molar-refractivity contribution is 5.17. The Balaban J connectivity index is 2.61. The molecule has 0 N–H and O–H groups in total. The van der Waals surface area contributed by atoms with Crippen LogP contribution >= 0.6 is 0 Å². The van der Waals surface area contributed by atoms with E-state index < -0.39 is 0 Å². The molecule has 0 fully saturated rings. The molecule has 58 valence electrons. The zero-order chi connectivity index (χ0) is 7.94. The summed E-state index contributed by atoms with van der Waals surface area (Å²) in [4.78, 5) is 0. The molecular weight excluding hydrogens is 132 g/mol. The minimum absolute atomic E-state index is 0.655. The molecule has 0 aromatic heterocycles. The van der Waals surface area contributed by atoms with E-state index in [9.17, 15) is 0 Å². The molecule has 0 saturated heterocycles. The van der Waals surface area contributed by atoms with Gasteiger partial charge in [-0.25, -0.2) is 0 Å². The molecule has 1 aliphatic rings. The first kappa shape index (κ1) is 8.06. The van der Waals surface area contributed by atoms with Gasteiger partial charge in [0.2, 0.25) is 0 Å². The van der Waals surface area contributed by atoms with Crippen LogP contribution in [0.2, 0.25) is 0 Å². The molecule has 0 saturated carbocycles. The Morgan fingerprint density at radius 1 is 0.909 bits per heavy atom. The van der Waals surface area contributed by atoms with Gasteiger partial charge in [-0.1, -0.05) is 55.5 Å². The second-order valence-corrected chi connectivity index (χ2v) is 2.80. The summed E-state index contributed by atoms with van der Waals surface area (Å²) in [5.41, 5.74) is 0. The van der Waals surface area contributed by atoms with Crippen LogP contribution in [-0.2, 0) is 0 Å². The highest BCUT2D eigenvalue weighted by atomic mass is 14.0. The van der Waals surface area contributed by atoms with Crippen LogP contribution in [0.15, 0.2) is 48.6 Å². The molecule has 0 amide bonds. The van der Waals surface area contributed by atoms with E-state index in [0.717, 1.165) is 6.42 Å². The molecule has 0 aromatic rings. The van der Waals surface area contributed by atoms with E-state index in [4.69, 9.17) is 0 Å². The number of allylic oxidation sites excluding steroid dienone is 8. The predicted octanol–water partition coefficient (Wildman–Crippen LogP) is 3.25. The number of hydrogen-bond acceptors (Lipinski definition) is 0. The van der Waals surface area contributed by atoms with Gasteiger partial charge in [-0.3, -0.25) is 0 Å². The first-order valence-corrected chi connectivity index (χ1v) is 4.06. The highest BCUT2D eigenvalue weighted by Crippen LogP contribution is 2.05. The van der Waals surface area contributed by atoms with Crippen molar-refractivity contribution in [1.29, 1.82) is 0 Å². The maximum Gasteiger partial charge on any atom is -0.0224 e. The van der Waals surface area contributed by atoms with E-state index in [0.29, 0.717) is 5.92 Å². The quantitative estimate of drug-likeness (QED) is 0.492. The average molecular weight is 146 g/mol.